The third-order valence-electron chi connectivity index (χ3n) is 4.00. The van der Waals surface area contributed by atoms with Gasteiger partial charge in [-0.05, 0) is 43.4 Å². The van der Waals surface area contributed by atoms with Crippen LogP contribution in [0.3, 0.4) is 0 Å². The molecular weight excluding hydrogens is 254 g/mol. The number of piperidine rings is 1. The van der Waals surface area contributed by atoms with Crippen LogP contribution < -0.4 is 11.5 Å². The van der Waals surface area contributed by atoms with Crippen LogP contribution in [0.4, 0.5) is 5.69 Å². The number of primary amides is 1. The normalized spacial score (nSPS) is 16.1. The molecule has 1 aliphatic heterocycles. The number of anilines is 1. The van der Waals surface area contributed by atoms with Gasteiger partial charge in [0.05, 0.1) is 0 Å². The van der Waals surface area contributed by atoms with E-state index in [4.69, 9.17) is 11.5 Å². The van der Waals surface area contributed by atoms with Gasteiger partial charge in [-0.1, -0.05) is 6.07 Å². The number of amides is 2. The second kappa shape index (κ2) is 5.94. The maximum Gasteiger partial charge on any atom is 0.254 e. The largest absolute Gasteiger partial charge is 0.398 e. The summed E-state index contributed by atoms with van der Waals surface area (Å²) in [5.41, 5.74) is 13.2. The Labute approximate surface area is 118 Å². The van der Waals surface area contributed by atoms with E-state index < -0.39 is 0 Å². The monoisotopic (exact) mass is 275 g/mol. The van der Waals surface area contributed by atoms with E-state index >= 15 is 0 Å². The molecule has 4 N–H and O–H groups in total. The van der Waals surface area contributed by atoms with E-state index in [1.807, 2.05) is 17.9 Å². The average molecular weight is 275 g/mol. The smallest absolute Gasteiger partial charge is 0.254 e. The SMILES string of the molecule is Cc1c(N)cccc1C(=O)N1CCC(CC(N)=O)CC1. The number of carbonyl (C=O) groups excluding carboxylic acids is 2. The highest BCUT2D eigenvalue weighted by Gasteiger charge is 2.25. The molecule has 0 spiro atoms. The van der Waals surface area contributed by atoms with Crippen molar-refractivity contribution in [3.05, 3.63) is 29.3 Å². The third kappa shape index (κ3) is 3.10. The van der Waals surface area contributed by atoms with Crippen molar-refractivity contribution >= 4 is 17.5 Å². The predicted molar refractivity (Wildman–Crippen MR) is 78.0 cm³/mol. The minimum absolute atomic E-state index is 0.0207. The molecule has 1 aromatic rings. The number of nitrogens with zero attached hydrogens (tertiary/aromatic N) is 1. The summed E-state index contributed by atoms with van der Waals surface area (Å²) in [5, 5.41) is 0. The number of benzene rings is 1. The van der Waals surface area contributed by atoms with Crippen molar-refractivity contribution in [2.45, 2.75) is 26.2 Å². The Balaban J connectivity index is 2.02. The molecule has 0 aromatic heterocycles. The van der Waals surface area contributed by atoms with Gasteiger partial charge in [0.15, 0.2) is 0 Å². The molecule has 0 unspecified atom stereocenters. The van der Waals surface area contributed by atoms with Crippen LogP contribution in [0.5, 0.6) is 0 Å². The highest BCUT2D eigenvalue weighted by atomic mass is 16.2. The quantitative estimate of drug-likeness (QED) is 0.815. The van der Waals surface area contributed by atoms with E-state index in [-0.39, 0.29) is 11.8 Å². The number of rotatable bonds is 3. The highest BCUT2D eigenvalue weighted by Crippen LogP contribution is 2.23. The first-order valence-electron chi connectivity index (χ1n) is 6.91. The third-order valence-corrected chi connectivity index (χ3v) is 4.00. The minimum Gasteiger partial charge on any atom is -0.398 e. The van der Waals surface area contributed by atoms with Gasteiger partial charge in [-0.25, -0.2) is 0 Å². The lowest BCUT2D eigenvalue weighted by molar-refractivity contribution is -0.119. The maximum atomic E-state index is 12.5. The fourth-order valence-electron chi connectivity index (χ4n) is 2.68. The Morgan fingerprint density at radius 2 is 1.95 bits per heavy atom. The van der Waals surface area contributed by atoms with Gasteiger partial charge in [-0.3, -0.25) is 9.59 Å². The first-order valence-corrected chi connectivity index (χ1v) is 6.91. The summed E-state index contributed by atoms with van der Waals surface area (Å²) in [4.78, 5) is 25.2. The molecule has 2 rings (SSSR count). The lowest BCUT2D eigenvalue weighted by atomic mass is 9.92. The summed E-state index contributed by atoms with van der Waals surface area (Å²) in [5.74, 6) is 0.0623. The van der Waals surface area contributed by atoms with Crippen LogP contribution in [0.15, 0.2) is 18.2 Å². The molecule has 1 aliphatic rings. The van der Waals surface area contributed by atoms with E-state index in [1.165, 1.54) is 0 Å². The summed E-state index contributed by atoms with van der Waals surface area (Å²) < 4.78 is 0. The zero-order chi connectivity index (χ0) is 14.7. The van der Waals surface area contributed by atoms with Crippen LogP contribution in [-0.2, 0) is 4.79 Å². The topological polar surface area (TPSA) is 89.4 Å². The van der Waals surface area contributed by atoms with Gasteiger partial charge >= 0.3 is 0 Å². The van der Waals surface area contributed by atoms with Crippen molar-refractivity contribution in [1.29, 1.82) is 0 Å². The minimum atomic E-state index is -0.263. The van der Waals surface area contributed by atoms with Crippen molar-refractivity contribution in [2.24, 2.45) is 11.7 Å². The fourth-order valence-corrected chi connectivity index (χ4v) is 2.68. The summed E-state index contributed by atoms with van der Waals surface area (Å²) in [6, 6.07) is 5.41. The number of hydrogen-bond donors (Lipinski definition) is 2. The Bertz CT molecular complexity index is 520. The Morgan fingerprint density at radius 1 is 1.30 bits per heavy atom. The average Bonchev–Trinajstić information content (AvgIpc) is 2.41. The lowest BCUT2D eigenvalue weighted by Gasteiger charge is -2.32. The molecule has 108 valence electrons. The summed E-state index contributed by atoms with van der Waals surface area (Å²) in [6.45, 7) is 3.21. The molecule has 2 amide bonds. The molecular formula is C15H21N3O2. The molecule has 5 nitrogen and oxygen atoms in total. The summed E-state index contributed by atoms with van der Waals surface area (Å²) in [7, 11) is 0. The highest BCUT2D eigenvalue weighted by molar-refractivity contribution is 5.97. The predicted octanol–water partition coefficient (Wildman–Crippen LogP) is 1.30. The fraction of sp³-hybridized carbons (Fsp3) is 0.467. The van der Waals surface area contributed by atoms with Crippen LogP contribution in [0.25, 0.3) is 0 Å². The standard InChI is InChI=1S/C15H21N3O2/c1-10-12(3-2-4-13(10)16)15(20)18-7-5-11(6-8-18)9-14(17)19/h2-4,11H,5-9,16H2,1H3,(H2,17,19). The van der Waals surface area contributed by atoms with Crippen LogP contribution >= 0.6 is 0 Å². The summed E-state index contributed by atoms with van der Waals surface area (Å²) in [6.07, 6.45) is 2.07. The van der Waals surface area contributed by atoms with Gasteiger partial charge in [0.2, 0.25) is 5.91 Å². The Hall–Kier alpha value is -2.04. The van der Waals surface area contributed by atoms with E-state index in [0.29, 0.717) is 36.7 Å². The van der Waals surface area contributed by atoms with E-state index in [9.17, 15) is 9.59 Å². The van der Waals surface area contributed by atoms with Gasteiger partial charge in [0, 0.05) is 30.8 Å². The molecule has 0 bridgehead atoms. The molecule has 20 heavy (non-hydrogen) atoms. The second-order valence-electron chi connectivity index (χ2n) is 5.43. The molecule has 1 saturated heterocycles. The van der Waals surface area contributed by atoms with E-state index in [0.717, 1.165) is 18.4 Å². The molecule has 1 fully saturated rings. The molecule has 0 saturated carbocycles. The molecule has 5 heteroatoms. The van der Waals surface area contributed by atoms with Crippen molar-refractivity contribution in [3.8, 4) is 0 Å². The van der Waals surface area contributed by atoms with Crippen LogP contribution in [0.1, 0.15) is 35.2 Å². The van der Waals surface area contributed by atoms with Crippen molar-refractivity contribution in [2.75, 3.05) is 18.8 Å². The van der Waals surface area contributed by atoms with Crippen molar-refractivity contribution in [3.63, 3.8) is 0 Å². The molecule has 1 aromatic carbocycles. The number of likely N-dealkylation sites (tertiary alicyclic amines) is 1. The first-order chi connectivity index (χ1) is 9.49. The first kappa shape index (κ1) is 14.4. The maximum absolute atomic E-state index is 12.5. The Morgan fingerprint density at radius 3 is 2.55 bits per heavy atom. The molecule has 0 aliphatic carbocycles. The van der Waals surface area contributed by atoms with Crippen LogP contribution in [0.2, 0.25) is 0 Å². The molecule has 0 radical (unpaired) electrons. The zero-order valence-corrected chi connectivity index (χ0v) is 11.8. The lowest BCUT2D eigenvalue weighted by Crippen LogP contribution is -2.39. The Kier molecular flexibility index (Phi) is 4.27. The van der Waals surface area contributed by atoms with E-state index in [2.05, 4.69) is 0 Å². The number of nitrogen functional groups attached to an aromatic ring is 1. The van der Waals surface area contributed by atoms with E-state index in [1.54, 1.807) is 12.1 Å². The molecule has 1 heterocycles. The summed E-state index contributed by atoms with van der Waals surface area (Å²) >= 11 is 0. The van der Waals surface area contributed by atoms with Gasteiger partial charge in [0.1, 0.15) is 0 Å². The van der Waals surface area contributed by atoms with Gasteiger partial charge in [0.25, 0.3) is 5.91 Å². The zero-order valence-electron chi connectivity index (χ0n) is 11.8. The van der Waals surface area contributed by atoms with Gasteiger partial charge in [-0.15, -0.1) is 0 Å². The van der Waals surface area contributed by atoms with Crippen LogP contribution in [0, 0.1) is 12.8 Å². The van der Waals surface area contributed by atoms with Crippen LogP contribution in [-0.4, -0.2) is 29.8 Å². The van der Waals surface area contributed by atoms with Gasteiger partial charge < -0.3 is 16.4 Å². The second-order valence-corrected chi connectivity index (χ2v) is 5.43. The number of carbonyl (C=O) groups is 2. The number of nitrogens with two attached hydrogens (primary N) is 2. The number of hydrogen-bond acceptors (Lipinski definition) is 3. The molecule has 0 atom stereocenters. The van der Waals surface area contributed by atoms with Crippen molar-refractivity contribution < 1.29 is 9.59 Å². The van der Waals surface area contributed by atoms with Crippen molar-refractivity contribution in [1.82, 2.24) is 4.90 Å². The van der Waals surface area contributed by atoms with Gasteiger partial charge in [-0.2, -0.15) is 0 Å².